The van der Waals surface area contributed by atoms with Gasteiger partial charge in [-0.1, -0.05) is 0 Å². The van der Waals surface area contributed by atoms with E-state index in [0.29, 0.717) is 18.1 Å². The number of benzene rings is 1. The Hall–Kier alpha value is -1.86. The van der Waals surface area contributed by atoms with Gasteiger partial charge in [-0.25, -0.2) is 9.79 Å². The van der Waals surface area contributed by atoms with E-state index in [1.165, 1.54) is 6.26 Å². The summed E-state index contributed by atoms with van der Waals surface area (Å²) < 4.78 is 17.4. The second-order valence-electron chi connectivity index (χ2n) is 4.56. The van der Waals surface area contributed by atoms with E-state index in [9.17, 15) is 4.79 Å². The summed E-state index contributed by atoms with van der Waals surface area (Å²) in [5, 5.41) is 0. The fourth-order valence-electron chi connectivity index (χ4n) is 2.02. The molecule has 7 heteroatoms. The van der Waals surface area contributed by atoms with Gasteiger partial charge >= 0.3 is 5.97 Å². The summed E-state index contributed by atoms with van der Waals surface area (Å²) in [5.41, 5.74) is 0.989. The summed E-state index contributed by atoms with van der Waals surface area (Å²) in [6, 6.07) is 7.07. The van der Waals surface area contributed by atoms with Crippen molar-refractivity contribution in [2.24, 2.45) is 4.99 Å². The van der Waals surface area contributed by atoms with Crippen molar-refractivity contribution in [2.45, 2.75) is 6.92 Å². The van der Waals surface area contributed by atoms with Crippen LogP contribution in [0.2, 0.25) is 0 Å². The molecule has 1 aromatic heterocycles. The SMILES string of the molecule is CCOc1c(Br)cc(/C=C2/N=C(c3ccco3)OC2=O)cc1Br. The Labute approximate surface area is 149 Å². The Morgan fingerprint density at radius 1 is 1.30 bits per heavy atom. The molecule has 1 aliphatic rings. The van der Waals surface area contributed by atoms with Crippen LogP contribution in [0.4, 0.5) is 0 Å². The van der Waals surface area contributed by atoms with Crippen LogP contribution in [0.3, 0.4) is 0 Å². The maximum Gasteiger partial charge on any atom is 0.363 e. The van der Waals surface area contributed by atoms with Gasteiger partial charge in [0, 0.05) is 0 Å². The van der Waals surface area contributed by atoms with Crippen LogP contribution in [0.1, 0.15) is 18.2 Å². The van der Waals surface area contributed by atoms with E-state index in [2.05, 4.69) is 36.9 Å². The van der Waals surface area contributed by atoms with Gasteiger partial charge in [0.1, 0.15) is 5.75 Å². The normalized spacial score (nSPS) is 15.7. The van der Waals surface area contributed by atoms with Crippen molar-refractivity contribution in [3.8, 4) is 5.75 Å². The number of furan rings is 1. The summed E-state index contributed by atoms with van der Waals surface area (Å²) >= 11 is 6.91. The lowest BCUT2D eigenvalue weighted by Gasteiger charge is -2.09. The molecule has 0 N–H and O–H groups in total. The zero-order valence-corrected chi connectivity index (χ0v) is 15.2. The molecule has 2 aromatic rings. The summed E-state index contributed by atoms with van der Waals surface area (Å²) in [6.45, 7) is 2.47. The van der Waals surface area contributed by atoms with Crippen LogP contribution in [0.5, 0.6) is 5.75 Å². The molecule has 0 fully saturated rings. The van der Waals surface area contributed by atoms with Gasteiger partial charge < -0.3 is 13.9 Å². The van der Waals surface area contributed by atoms with Gasteiger partial charge in [0.05, 0.1) is 21.8 Å². The number of carbonyl (C=O) groups is 1. The molecule has 0 radical (unpaired) electrons. The van der Waals surface area contributed by atoms with Crippen LogP contribution in [0.15, 0.2) is 54.6 Å². The Bertz CT molecular complexity index is 786. The maximum atomic E-state index is 11.9. The van der Waals surface area contributed by atoms with Crippen LogP contribution in [-0.2, 0) is 9.53 Å². The number of hydrogen-bond donors (Lipinski definition) is 0. The van der Waals surface area contributed by atoms with Gasteiger partial charge in [-0.3, -0.25) is 0 Å². The molecule has 0 spiro atoms. The molecular formula is C16H11Br2NO4. The van der Waals surface area contributed by atoms with E-state index >= 15 is 0 Å². The largest absolute Gasteiger partial charge is 0.492 e. The molecule has 0 bridgehead atoms. The highest BCUT2D eigenvalue weighted by Gasteiger charge is 2.25. The number of ether oxygens (including phenoxy) is 2. The number of aliphatic imine (C=N–C) groups is 1. The minimum Gasteiger partial charge on any atom is -0.492 e. The Kier molecular flexibility index (Phi) is 4.68. The fraction of sp³-hybridized carbons (Fsp3) is 0.125. The minimum atomic E-state index is -0.516. The highest BCUT2D eigenvalue weighted by Crippen LogP contribution is 2.35. The van der Waals surface area contributed by atoms with Crippen molar-refractivity contribution < 1.29 is 18.7 Å². The van der Waals surface area contributed by atoms with Gasteiger partial charge in [-0.2, -0.15) is 0 Å². The lowest BCUT2D eigenvalue weighted by molar-refractivity contribution is -0.130. The van der Waals surface area contributed by atoms with E-state index < -0.39 is 5.97 Å². The number of carbonyl (C=O) groups excluding carboxylic acids is 1. The number of hydrogen-bond acceptors (Lipinski definition) is 5. The molecule has 0 unspecified atom stereocenters. The van der Waals surface area contributed by atoms with Crippen molar-refractivity contribution in [2.75, 3.05) is 6.61 Å². The quantitative estimate of drug-likeness (QED) is 0.516. The van der Waals surface area contributed by atoms with Gasteiger partial charge in [-0.15, -0.1) is 0 Å². The Balaban J connectivity index is 1.94. The first-order valence-corrected chi connectivity index (χ1v) is 8.35. The topological polar surface area (TPSA) is 61.0 Å². The zero-order chi connectivity index (χ0) is 16.4. The highest BCUT2D eigenvalue weighted by molar-refractivity contribution is 9.11. The number of nitrogens with zero attached hydrogens (tertiary/aromatic N) is 1. The molecule has 1 aromatic carbocycles. The van der Waals surface area contributed by atoms with Crippen LogP contribution in [-0.4, -0.2) is 18.5 Å². The van der Waals surface area contributed by atoms with Crippen molar-refractivity contribution in [3.63, 3.8) is 0 Å². The predicted molar refractivity (Wildman–Crippen MR) is 92.3 cm³/mol. The smallest absolute Gasteiger partial charge is 0.363 e. The molecule has 1 aliphatic heterocycles. The van der Waals surface area contributed by atoms with E-state index in [1.807, 2.05) is 19.1 Å². The molecule has 3 rings (SSSR count). The van der Waals surface area contributed by atoms with Crippen molar-refractivity contribution >= 4 is 49.8 Å². The maximum absolute atomic E-state index is 11.9. The van der Waals surface area contributed by atoms with Gasteiger partial charge in [0.15, 0.2) is 11.5 Å². The molecular weight excluding hydrogens is 430 g/mol. The van der Waals surface area contributed by atoms with Gasteiger partial charge in [0.2, 0.25) is 0 Å². The van der Waals surface area contributed by atoms with Crippen LogP contribution in [0, 0.1) is 0 Å². The van der Waals surface area contributed by atoms with Gasteiger partial charge in [-0.05, 0) is 74.7 Å². The number of cyclic esters (lactones) is 1. The van der Waals surface area contributed by atoms with E-state index in [1.54, 1.807) is 18.2 Å². The number of halogens is 2. The molecule has 0 atom stereocenters. The number of esters is 1. The third-order valence-electron chi connectivity index (χ3n) is 2.97. The Morgan fingerprint density at radius 3 is 2.65 bits per heavy atom. The first-order valence-electron chi connectivity index (χ1n) is 6.76. The fourth-order valence-corrected chi connectivity index (χ4v) is 3.47. The summed E-state index contributed by atoms with van der Waals surface area (Å²) in [4.78, 5) is 16.1. The third-order valence-corrected chi connectivity index (χ3v) is 4.14. The monoisotopic (exact) mass is 439 g/mol. The molecule has 23 heavy (non-hydrogen) atoms. The summed E-state index contributed by atoms with van der Waals surface area (Å²) in [5.74, 6) is 0.770. The highest BCUT2D eigenvalue weighted by atomic mass is 79.9. The zero-order valence-electron chi connectivity index (χ0n) is 12.0. The van der Waals surface area contributed by atoms with Crippen LogP contribution in [0.25, 0.3) is 6.08 Å². The van der Waals surface area contributed by atoms with E-state index in [4.69, 9.17) is 13.9 Å². The second kappa shape index (κ2) is 6.72. The molecule has 0 aliphatic carbocycles. The third kappa shape index (κ3) is 3.40. The number of rotatable bonds is 4. The van der Waals surface area contributed by atoms with Crippen molar-refractivity contribution in [1.29, 1.82) is 0 Å². The summed E-state index contributed by atoms with van der Waals surface area (Å²) in [6.07, 6.45) is 3.14. The molecule has 0 amide bonds. The van der Waals surface area contributed by atoms with E-state index in [0.717, 1.165) is 14.5 Å². The van der Waals surface area contributed by atoms with E-state index in [-0.39, 0.29) is 11.6 Å². The minimum absolute atomic E-state index is 0.162. The van der Waals surface area contributed by atoms with Crippen LogP contribution < -0.4 is 4.74 Å². The molecule has 2 heterocycles. The lowest BCUT2D eigenvalue weighted by Crippen LogP contribution is -2.04. The molecule has 0 saturated heterocycles. The standard InChI is InChI=1S/C16H11Br2NO4/c1-2-21-14-10(17)6-9(7-11(14)18)8-12-16(20)23-15(19-12)13-4-3-5-22-13/h3-8H,2H2,1H3/b12-8+. The van der Waals surface area contributed by atoms with Crippen LogP contribution >= 0.6 is 31.9 Å². The average molecular weight is 441 g/mol. The first-order chi connectivity index (χ1) is 11.1. The summed E-state index contributed by atoms with van der Waals surface area (Å²) in [7, 11) is 0. The Morgan fingerprint density at radius 2 is 2.04 bits per heavy atom. The predicted octanol–water partition coefficient (Wildman–Crippen LogP) is 4.55. The molecule has 118 valence electrons. The second-order valence-corrected chi connectivity index (χ2v) is 6.27. The first kappa shape index (κ1) is 16.0. The van der Waals surface area contributed by atoms with Crippen molar-refractivity contribution in [3.05, 3.63) is 56.5 Å². The van der Waals surface area contributed by atoms with Crippen molar-refractivity contribution in [1.82, 2.24) is 0 Å². The molecule has 0 saturated carbocycles. The molecule has 5 nitrogen and oxygen atoms in total. The van der Waals surface area contributed by atoms with Gasteiger partial charge in [0.25, 0.3) is 5.90 Å². The lowest BCUT2D eigenvalue weighted by atomic mass is 10.2. The average Bonchev–Trinajstić information content (AvgIpc) is 3.13.